The molecule has 2 aliphatic rings. The Hall–Kier alpha value is -0.570. The van der Waals surface area contributed by atoms with Crippen molar-refractivity contribution in [2.75, 3.05) is 6.54 Å². The summed E-state index contributed by atoms with van der Waals surface area (Å²) in [5, 5.41) is 3.51. The van der Waals surface area contributed by atoms with Crippen molar-refractivity contribution in [2.45, 2.75) is 72.0 Å². The predicted molar refractivity (Wildman–Crippen MR) is 78.7 cm³/mol. The Morgan fingerprint density at radius 3 is 2.42 bits per heavy atom. The van der Waals surface area contributed by atoms with E-state index in [0.717, 1.165) is 24.8 Å². The van der Waals surface area contributed by atoms with E-state index in [2.05, 4.69) is 37.9 Å². The van der Waals surface area contributed by atoms with Crippen LogP contribution in [-0.2, 0) is 4.79 Å². The molecule has 1 saturated heterocycles. The summed E-state index contributed by atoms with van der Waals surface area (Å²) in [6, 6.07) is 0.0508. The quantitative estimate of drug-likeness (QED) is 0.848. The van der Waals surface area contributed by atoms with Gasteiger partial charge in [0, 0.05) is 6.54 Å². The van der Waals surface area contributed by atoms with Gasteiger partial charge < -0.3 is 4.90 Å². The summed E-state index contributed by atoms with van der Waals surface area (Å²) >= 11 is 0. The molecule has 0 radical (unpaired) electrons. The van der Waals surface area contributed by atoms with Crippen LogP contribution in [0.3, 0.4) is 0 Å². The standard InChI is InChI=1S/C16H30N2O/c1-5-14-16(19)18(15(17-14)11(2)3)10-13-8-6-12(4)7-9-13/h11-15,17H,5-10H2,1-4H3. The van der Waals surface area contributed by atoms with Crippen molar-refractivity contribution >= 4 is 5.91 Å². The van der Waals surface area contributed by atoms with E-state index in [1.54, 1.807) is 0 Å². The Bertz CT molecular complexity index is 308. The van der Waals surface area contributed by atoms with Crippen LogP contribution in [0.5, 0.6) is 0 Å². The molecule has 1 N–H and O–H groups in total. The molecule has 0 aromatic rings. The van der Waals surface area contributed by atoms with Crippen LogP contribution in [0.25, 0.3) is 0 Å². The molecule has 3 nitrogen and oxygen atoms in total. The average Bonchev–Trinajstić information content (AvgIpc) is 2.70. The monoisotopic (exact) mass is 266 g/mol. The minimum Gasteiger partial charge on any atom is -0.325 e. The molecule has 0 aromatic heterocycles. The molecule has 0 bridgehead atoms. The highest BCUT2D eigenvalue weighted by molar-refractivity contribution is 5.84. The van der Waals surface area contributed by atoms with Crippen LogP contribution in [0.4, 0.5) is 0 Å². The van der Waals surface area contributed by atoms with Gasteiger partial charge in [-0.15, -0.1) is 0 Å². The minimum absolute atomic E-state index is 0.0508. The summed E-state index contributed by atoms with van der Waals surface area (Å²) in [5.74, 6) is 2.43. The summed E-state index contributed by atoms with van der Waals surface area (Å²) in [7, 11) is 0. The summed E-state index contributed by atoms with van der Waals surface area (Å²) in [5.41, 5.74) is 0. The number of hydrogen-bond donors (Lipinski definition) is 1. The number of carbonyl (C=O) groups excluding carboxylic acids is 1. The Balaban J connectivity index is 1.98. The van der Waals surface area contributed by atoms with E-state index in [1.807, 2.05) is 0 Å². The molecular formula is C16H30N2O. The topological polar surface area (TPSA) is 32.3 Å². The lowest BCUT2D eigenvalue weighted by atomic mass is 9.82. The van der Waals surface area contributed by atoms with E-state index in [1.165, 1.54) is 25.7 Å². The van der Waals surface area contributed by atoms with Crippen LogP contribution in [0.1, 0.15) is 59.8 Å². The smallest absolute Gasteiger partial charge is 0.241 e. The van der Waals surface area contributed by atoms with E-state index >= 15 is 0 Å². The summed E-state index contributed by atoms with van der Waals surface area (Å²) in [6.45, 7) is 9.83. The Morgan fingerprint density at radius 1 is 1.26 bits per heavy atom. The zero-order chi connectivity index (χ0) is 14.0. The highest BCUT2D eigenvalue weighted by Crippen LogP contribution is 2.31. The second-order valence-corrected chi connectivity index (χ2v) is 6.93. The van der Waals surface area contributed by atoms with Gasteiger partial charge in [0.2, 0.25) is 5.91 Å². The third kappa shape index (κ3) is 3.31. The van der Waals surface area contributed by atoms with E-state index in [0.29, 0.717) is 11.8 Å². The molecule has 2 atom stereocenters. The lowest BCUT2D eigenvalue weighted by molar-refractivity contribution is -0.131. The fraction of sp³-hybridized carbons (Fsp3) is 0.938. The highest BCUT2D eigenvalue weighted by atomic mass is 16.2. The second kappa shape index (κ2) is 6.25. The first-order chi connectivity index (χ1) is 9.02. The van der Waals surface area contributed by atoms with Gasteiger partial charge >= 0.3 is 0 Å². The average molecular weight is 266 g/mol. The van der Waals surface area contributed by atoms with Gasteiger partial charge in [-0.1, -0.05) is 40.5 Å². The molecule has 1 aliphatic carbocycles. The molecule has 110 valence electrons. The first-order valence-corrected chi connectivity index (χ1v) is 8.09. The first kappa shape index (κ1) is 14.8. The lowest BCUT2D eigenvalue weighted by Gasteiger charge is -2.33. The number of hydrogen-bond acceptors (Lipinski definition) is 2. The van der Waals surface area contributed by atoms with Gasteiger partial charge in [-0.2, -0.15) is 0 Å². The van der Waals surface area contributed by atoms with Crippen LogP contribution in [0, 0.1) is 17.8 Å². The van der Waals surface area contributed by atoms with Crippen molar-refractivity contribution in [2.24, 2.45) is 17.8 Å². The summed E-state index contributed by atoms with van der Waals surface area (Å²) < 4.78 is 0. The fourth-order valence-electron chi connectivity index (χ4n) is 3.54. The molecule has 2 rings (SSSR count). The molecule has 0 aromatic carbocycles. The maximum absolute atomic E-state index is 12.5. The van der Waals surface area contributed by atoms with Gasteiger partial charge in [0.25, 0.3) is 0 Å². The molecule has 1 saturated carbocycles. The fourth-order valence-corrected chi connectivity index (χ4v) is 3.54. The molecule has 1 amide bonds. The van der Waals surface area contributed by atoms with Crippen molar-refractivity contribution in [3.05, 3.63) is 0 Å². The molecule has 2 fully saturated rings. The zero-order valence-electron chi connectivity index (χ0n) is 13.0. The summed E-state index contributed by atoms with van der Waals surface area (Å²) in [6.07, 6.45) is 6.42. The van der Waals surface area contributed by atoms with Crippen molar-refractivity contribution in [1.82, 2.24) is 10.2 Å². The van der Waals surface area contributed by atoms with Crippen LogP contribution >= 0.6 is 0 Å². The van der Waals surface area contributed by atoms with Crippen molar-refractivity contribution < 1.29 is 4.79 Å². The molecule has 3 heteroatoms. The third-order valence-corrected chi connectivity index (χ3v) is 4.92. The largest absolute Gasteiger partial charge is 0.325 e. The number of amides is 1. The molecule has 2 unspecified atom stereocenters. The second-order valence-electron chi connectivity index (χ2n) is 6.93. The van der Waals surface area contributed by atoms with Crippen molar-refractivity contribution in [3.63, 3.8) is 0 Å². The normalized spacial score (nSPS) is 36.3. The van der Waals surface area contributed by atoms with Gasteiger partial charge in [-0.05, 0) is 37.0 Å². The van der Waals surface area contributed by atoms with Crippen molar-refractivity contribution in [1.29, 1.82) is 0 Å². The molecule has 0 spiro atoms. The third-order valence-electron chi connectivity index (χ3n) is 4.92. The molecule has 1 aliphatic heterocycles. The van der Waals surface area contributed by atoms with Crippen LogP contribution in [0.15, 0.2) is 0 Å². The van der Waals surface area contributed by atoms with Crippen molar-refractivity contribution in [3.8, 4) is 0 Å². The van der Waals surface area contributed by atoms with E-state index < -0.39 is 0 Å². The zero-order valence-corrected chi connectivity index (χ0v) is 13.0. The highest BCUT2D eigenvalue weighted by Gasteiger charge is 2.40. The van der Waals surface area contributed by atoms with Gasteiger partial charge in [0.1, 0.15) is 0 Å². The van der Waals surface area contributed by atoms with Gasteiger partial charge in [0.05, 0.1) is 12.2 Å². The molecular weight excluding hydrogens is 236 g/mol. The number of carbonyl (C=O) groups is 1. The predicted octanol–water partition coefficient (Wildman–Crippen LogP) is 3.01. The van der Waals surface area contributed by atoms with Gasteiger partial charge in [-0.25, -0.2) is 0 Å². The number of nitrogens with one attached hydrogen (secondary N) is 1. The van der Waals surface area contributed by atoms with E-state index in [4.69, 9.17) is 0 Å². The van der Waals surface area contributed by atoms with E-state index in [-0.39, 0.29) is 12.2 Å². The lowest BCUT2D eigenvalue weighted by Crippen LogP contribution is -2.44. The van der Waals surface area contributed by atoms with Crippen LogP contribution in [0.2, 0.25) is 0 Å². The van der Waals surface area contributed by atoms with Gasteiger partial charge in [-0.3, -0.25) is 10.1 Å². The Labute approximate surface area is 118 Å². The first-order valence-electron chi connectivity index (χ1n) is 8.09. The minimum atomic E-state index is 0.0508. The van der Waals surface area contributed by atoms with Crippen LogP contribution < -0.4 is 5.32 Å². The maximum atomic E-state index is 12.5. The molecule has 19 heavy (non-hydrogen) atoms. The number of rotatable bonds is 4. The molecule has 1 heterocycles. The Kier molecular flexibility index (Phi) is 4.88. The SMILES string of the molecule is CCC1NC(C(C)C)N(CC2CCC(C)CC2)C1=O. The number of nitrogens with zero attached hydrogens (tertiary/aromatic N) is 1. The van der Waals surface area contributed by atoms with E-state index in [9.17, 15) is 4.79 Å². The summed E-state index contributed by atoms with van der Waals surface area (Å²) in [4.78, 5) is 14.6. The van der Waals surface area contributed by atoms with Gasteiger partial charge in [0.15, 0.2) is 0 Å². The Morgan fingerprint density at radius 2 is 1.89 bits per heavy atom. The van der Waals surface area contributed by atoms with Crippen LogP contribution in [-0.4, -0.2) is 29.6 Å². The maximum Gasteiger partial charge on any atom is 0.241 e.